The van der Waals surface area contributed by atoms with Crippen LogP contribution in [0.1, 0.15) is 40.4 Å². The molecule has 0 unspecified atom stereocenters. The molecule has 2 N–H and O–H groups in total. The van der Waals surface area contributed by atoms with E-state index in [4.69, 9.17) is 0 Å². The smallest absolute Gasteiger partial charge is 0.353 e. The van der Waals surface area contributed by atoms with Gasteiger partial charge >= 0.3 is 5.97 Å². The SMILES string of the molecule is O=C(O)c1c(-c2ccc[nH]c2=O)c2cc(C3CC3)c(F)cc2n1Cc1cc([N+](=O)[O-])ccc1F. The number of nitro benzene ring substituents is 1. The third-order valence-electron chi connectivity index (χ3n) is 6.06. The maximum atomic E-state index is 15.0. The average molecular weight is 465 g/mol. The van der Waals surface area contributed by atoms with Crippen LogP contribution >= 0.6 is 0 Å². The van der Waals surface area contributed by atoms with Gasteiger partial charge in [0, 0.05) is 40.4 Å². The first-order valence-corrected chi connectivity index (χ1v) is 10.5. The van der Waals surface area contributed by atoms with E-state index in [0.717, 1.165) is 31.0 Å². The number of aromatic carboxylic acids is 1. The number of carbonyl (C=O) groups is 1. The highest BCUT2D eigenvalue weighted by molar-refractivity contribution is 6.08. The fourth-order valence-electron chi connectivity index (χ4n) is 4.34. The van der Waals surface area contributed by atoms with Gasteiger partial charge in [-0.15, -0.1) is 0 Å². The van der Waals surface area contributed by atoms with Crippen molar-refractivity contribution in [2.24, 2.45) is 0 Å². The quantitative estimate of drug-likeness (QED) is 0.313. The second-order valence-electron chi connectivity index (χ2n) is 8.23. The summed E-state index contributed by atoms with van der Waals surface area (Å²) in [6.07, 6.45) is 3.00. The molecule has 0 radical (unpaired) electrons. The van der Waals surface area contributed by atoms with E-state index < -0.39 is 34.6 Å². The molecule has 0 atom stereocenters. The molecule has 0 amide bonds. The Hall–Kier alpha value is -4.34. The van der Waals surface area contributed by atoms with Crippen LogP contribution in [0.3, 0.4) is 0 Å². The fraction of sp³-hybridized carbons (Fsp3) is 0.167. The van der Waals surface area contributed by atoms with Crippen LogP contribution < -0.4 is 5.56 Å². The predicted molar refractivity (Wildman–Crippen MR) is 119 cm³/mol. The summed E-state index contributed by atoms with van der Waals surface area (Å²) in [5, 5.41) is 21.6. The van der Waals surface area contributed by atoms with Gasteiger partial charge in [0.05, 0.1) is 17.0 Å². The Bertz CT molecular complexity index is 1550. The van der Waals surface area contributed by atoms with Gasteiger partial charge in [-0.3, -0.25) is 14.9 Å². The summed E-state index contributed by atoms with van der Waals surface area (Å²) in [4.78, 5) is 38.0. The molecule has 0 bridgehead atoms. The summed E-state index contributed by atoms with van der Waals surface area (Å²) >= 11 is 0. The van der Waals surface area contributed by atoms with Gasteiger partial charge in [0.15, 0.2) is 0 Å². The maximum Gasteiger partial charge on any atom is 0.353 e. The maximum absolute atomic E-state index is 15.0. The molecule has 2 heterocycles. The summed E-state index contributed by atoms with van der Waals surface area (Å²) < 4.78 is 30.8. The Morgan fingerprint density at radius 3 is 2.59 bits per heavy atom. The minimum atomic E-state index is -1.41. The Morgan fingerprint density at radius 2 is 1.94 bits per heavy atom. The normalized spacial score (nSPS) is 13.4. The number of hydrogen-bond donors (Lipinski definition) is 2. The average Bonchev–Trinajstić information content (AvgIpc) is 3.59. The molecule has 172 valence electrons. The Labute approximate surface area is 190 Å². The number of carboxylic acid groups (broad SMARTS) is 1. The molecule has 10 heteroatoms. The lowest BCUT2D eigenvalue weighted by Crippen LogP contribution is -2.14. The second kappa shape index (κ2) is 7.91. The van der Waals surface area contributed by atoms with Crippen LogP contribution in [0.25, 0.3) is 22.0 Å². The van der Waals surface area contributed by atoms with Gasteiger partial charge in [-0.25, -0.2) is 13.6 Å². The molecule has 1 aliphatic rings. The van der Waals surface area contributed by atoms with Crippen LogP contribution in [-0.2, 0) is 6.54 Å². The van der Waals surface area contributed by atoms with Crippen LogP contribution in [0.4, 0.5) is 14.5 Å². The van der Waals surface area contributed by atoms with Gasteiger partial charge in [0.25, 0.3) is 11.2 Å². The van der Waals surface area contributed by atoms with Crippen molar-refractivity contribution < 1.29 is 23.6 Å². The first-order chi connectivity index (χ1) is 16.3. The highest BCUT2D eigenvalue weighted by atomic mass is 19.1. The molecule has 1 fully saturated rings. The van der Waals surface area contributed by atoms with E-state index in [0.29, 0.717) is 10.9 Å². The molecule has 0 aliphatic heterocycles. The monoisotopic (exact) mass is 465 g/mol. The van der Waals surface area contributed by atoms with Crippen LogP contribution in [0.5, 0.6) is 0 Å². The Kier molecular flexibility index (Phi) is 5.00. The number of fused-ring (bicyclic) bond motifs is 1. The van der Waals surface area contributed by atoms with E-state index in [1.165, 1.54) is 29.0 Å². The van der Waals surface area contributed by atoms with Gasteiger partial charge in [0.1, 0.15) is 17.3 Å². The van der Waals surface area contributed by atoms with Crippen molar-refractivity contribution in [3.8, 4) is 11.1 Å². The number of halogens is 2. The minimum absolute atomic E-state index is 0.0113. The number of H-pyrrole nitrogens is 1. The lowest BCUT2D eigenvalue weighted by Gasteiger charge is -2.11. The van der Waals surface area contributed by atoms with E-state index in [1.54, 1.807) is 6.07 Å². The topological polar surface area (TPSA) is 118 Å². The zero-order chi connectivity index (χ0) is 24.1. The van der Waals surface area contributed by atoms with Crippen molar-refractivity contribution >= 4 is 22.6 Å². The summed E-state index contributed by atoms with van der Waals surface area (Å²) in [5.74, 6) is -2.71. The molecule has 4 aromatic rings. The molecule has 8 nitrogen and oxygen atoms in total. The van der Waals surface area contributed by atoms with Crippen LogP contribution in [-0.4, -0.2) is 25.6 Å². The van der Waals surface area contributed by atoms with Crippen molar-refractivity contribution in [2.45, 2.75) is 25.3 Å². The molecule has 5 rings (SSSR count). The largest absolute Gasteiger partial charge is 0.477 e. The summed E-state index contributed by atoms with van der Waals surface area (Å²) in [5.41, 5.74) is -0.679. The first-order valence-electron chi connectivity index (χ1n) is 10.5. The van der Waals surface area contributed by atoms with Crippen LogP contribution in [0.15, 0.2) is 53.5 Å². The molecule has 0 spiro atoms. The van der Waals surface area contributed by atoms with E-state index in [-0.39, 0.29) is 39.5 Å². The summed E-state index contributed by atoms with van der Waals surface area (Å²) in [6, 6.07) is 8.67. The van der Waals surface area contributed by atoms with Crippen molar-refractivity contribution in [1.82, 2.24) is 9.55 Å². The molecule has 0 saturated heterocycles. The number of nitrogens with zero attached hydrogens (tertiary/aromatic N) is 2. The molecule has 2 aromatic carbocycles. The minimum Gasteiger partial charge on any atom is -0.477 e. The molecule has 1 saturated carbocycles. The van der Waals surface area contributed by atoms with Crippen LogP contribution in [0.2, 0.25) is 0 Å². The third kappa shape index (κ3) is 3.53. The number of nitro groups is 1. The summed E-state index contributed by atoms with van der Waals surface area (Å²) in [6.45, 7) is -0.418. The number of benzene rings is 2. The highest BCUT2D eigenvalue weighted by Gasteiger charge is 2.31. The standard InChI is InChI=1S/C24H17F2N3O5/c25-18-6-5-14(29(33)34)8-13(18)11-28-20-10-19(26)16(12-3-4-12)9-17(20)21(22(28)24(31)32)15-2-1-7-27-23(15)30/h1-2,5-10,12H,3-4,11H2,(H,27,30)(H,31,32). The lowest BCUT2D eigenvalue weighted by atomic mass is 10.00. The zero-order valence-electron chi connectivity index (χ0n) is 17.5. The summed E-state index contributed by atoms with van der Waals surface area (Å²) in [7, 11) is 0. The molecule has 34 heavy (non-hydrogen) atoms. The molecular weight excluding hydrogens is 448 g/mol. The molecule has 2 aromatic heterocycles. The number of pyridine rings is 1. The number of aromatic amines is 1. The van der Waals surface area contributed by atoms with Crippen LogP contribution in [0, 0.1) is 21.7 Å². The lowest BCUT2D eigenvalue weighted by molar-refractivity contribution is -0.385. The van der Waals surface area contributed by atoms with Gasteiger partial charge in [-0.1, -0.05) is 0 Å². The number of rotatable bonds is 6. The van der Waals surface area contributed by atoms with Crippen molar-refractivity contribution in [1.29, 1.82) is 0 Å². The predicted octanol–water partition coefficient (Wildman–Crippen LogP) is 4.81. The first kappa shape index (κ1) is 21.5. The Morgan fingerprint density at radius 1 is 1.18 bits per heavy atom. The van der Waals surface area contributed by atoms with E-state index >= 15 is 4.39 Å². The van der Waals surface area contributed by atoms with Crippen molar-refractivity contribution in [3.05, 3.63) is 97.6 Å². The van der Waals surface area contributed by atoms with Crippen molar-refractivity contribution in [2.75, 3.05) is 0 Å². The highest BCUT2D eigenvalue weighted by Crippen LogP contribution is 2.44. The Balaban J connectivity index is 1.84. The van der Waals surface area contributed by atoms with Gasteiger partial charge in [0.2, 0.25) is 0 Å². The second-order valence-corrected chi connectivity index (χ2v) is 8.23. The number of nitrogens with one attached hydrogen (secondary N) is 1. The number of hydrogen-bond acceptors (Lipinski definition) is 4. The van der Waals surface area contributed by atoms with E-state index in [9.17, 15) is 29.2 Å². The van der Waals surface area contributed by atoms with E-state index in [1.807, 2.05) is 0 Å². The van der Waals surface area contributed by atoms with Gasteiger partial charge in [-0.05, 0) is 54.7 Å². The fourth-order valence-corrected chi connectivity index (χ4v) is 4.34. The third-order valence-corrected chi connectivity index (χ3v) is 6.06. The number of aromatic nitrogens is 2. The van der Waals surface area contributed by atoms with Crippen molar-refractivity contribution in [3.63, 3.8) is 0 Å². The van der Waals surface area contributed by atoms with Gasteiger partial charge < -0.3 is 14.7 Å². The number of carboxylic acids is 1. The van der Waals surface area contributed by atoms with E-state index in [2.05, 4.69) is 4.98 Å². The van der Waals surface area contributed by atoms with Gasteiger partial charge in [-0.2, -0.15) is 0 Å². The molecular formula is C24H17F2N3O5. The number of non-ortho nitro benzene ring substituents is 1. The molecule has 1 aliphatic carbocycles. The zero-order valence-corrected chi connectivity index (χ0v) is 17.5.